The topological polar surface area (TPSA) is 68.3 Å². The molecule has 0 atom stereocenters. The van der Waals surface area contributed by atoms with Crippen LogP contribution < -0.4 is 5.32 Å². The minimum atomic E-state index is -4.43. The minimum absolute atomic E-state index is 0.0552. The van der Waals surface area contributed by atoms with Gasteiger partial charge in [0.2, 0.25) is 5.91 Å². The van der Waals surface area contributed by atoms with Gasteiger partial charge in [0.15, 0.2) is 0 Å². The second kappa shape index (κ2) is 9.40. The fourth-order valence-electron chi connectivity index (χ4n) is 2.10. The van der Waals surface area contributed by atoms with Crippen molar-refractivity contribution in [3.63, 3.8) is 0 Å². The maximum absolute atomic E-state index is 12.5. The molecule has 1 aromatic heterocycles. The third kappa shape index (κ3) is 6.59. The van der Waals surface area contributed by atoms with E-state index in [0.717, 1.165) is 29.6 Å². The average molecular weight is 398 g/mol. The van der Waals surface area contributed by atoms with E-state index in [9.17, 15) is 22.8 Å². The van der Waals surface area contributed by atoms with E-state index in [1.165, 1.54) is 13.2 Å². The summed E-state index contributed by atoms with van der Waals surface area (Å²) in [5.74, 6) is -0.601. The molecule has 1 heterocycles. The van der Waals surface area contributed by atoms with Gasteiger partial charge in [-0.3, -0.25) is 4.79 Å². The second-order valence-corrected chi connectivity index (χ2v) is 6.46. The number of amides is 1. The maximum Gasteiger partial charge on any atom is 0.417 e. The number of aromatic nitrogens is 1. The van der Waals surface area contributed by atoms with E-state index >= 15 is 0 Å². The van der Waals surface area contributed by atoms with Crippen molar-refractivity contribution in [3.05, 3.63) is 59.3 Å². The molecule has 0 saturated carbocycles. The van der Waals surface area contributed by atoms with Crippen LogP contribution in [0.2, 0.25) is 0 Å². The number of nitrogens with zero attached hydrogens (tertiary/aromatic N) is 1. The van der Waals surface area contributed by atoms with E-state index in [-0.39, 0.29) is 11.7 Å². The molecule has 0 saturated heterocycles. The number of benzene rings is 1. The molecule has 0 spiro atoms. The van der Waals surface area contributed by atoms with E-state index in [1.807, 2.05) is 0 Å². The molecule has 0 aliphatic carbocycles. The van der Waals surface area contributed by atoms with Crippen molar-refractivity contribution in [2.45, 2.75) is 17.6 Å². The number of ether oxygens (including phenoxy) is 1. The van der Waals surface area contributed by atoms with Crippen LogP contribution in [0.25, 0.3) is 0 Å². The molecule has 0 bridgehead atoms. The first-order valence-electron chi connectivity index (χ1n) is 7.89. The highest BCUT2D eigenvalue weighted by atomic mass is 32.2. The van der Waals surface area contributed by atoms with Gasteiger partial charge in [0.1, 0.15) is 0 Å². The number of halogens is 3. The average Bonchev–Trinajstić information content (AvgIpc) is 2.66. The lowest BCUT2D eigenvalue weighted by Gasteiger charge is -2.07. The van der Waals surface area contributed by atoms with Crippen molar-refractivity contribution < 1.29 is 27.5 Å². The summed E-state index contributed by atoms with van der Waals surface area (Å²) in [6.45, 7) is 0.400. The standard InChI is InChI=1S/C18H17F3N2O3S/c1-26-17(25)13-4-2-12(3-5-13)8-9-22-15(24)11-27-16-7-6-14(10-23-16)18(19,20)21/h2-7,10H,8-9,11H2,1H3,(H,22,24). The highest BCUT2D eigenvalue weighted by molar-refractivity contribution is 7.99. The van der Waals surface area contributed by atoms with Crippen LogP contribution in [0.4, 0.5) is 13.2 Å². The zero-order valence-corrected chi connectivity index (χ0v) is 15.2. The summed E-state index contributed by atoms with van der Waals surface area (Å²) in [6, 6.07) is 9.03. The van der Waals surface area contributed by atoms with Gasteiger partial charge in [0, 0.05) is 12.7 Å². The Morgan fingerprint density at radius 2 is 1.85 bits per heavy atom. The molecule has 2 aromatic rings. The molecule has 1 N–H and O–H groups in total. The summed E-state index contributed by atoms with van der Waals surface area (Å²) in [5.41, 5.74) is 0.570. The van der Waals surface area contributed by atoms with Gasteiger partial charge >= 0.3 is 12.1 Å². The Kier molecular flexibility index (Phi) is 7.23. The highest BCUT2D eigenvalue weighted by Gasteiger charge is 2.30. The van der Waals surface area contributed by atoms with Crippen LogP contribution in [-0.4, -0.2) is 36.3 Å². The van der Waals surface area contributed by atoms with Gasteiger partial charge in [-0.05, 0) is 36.2 Å². The smallest absolute Gasteiger partial charge is 0.417 e. The number of alkyl halides is 3. The zero-order chi connectivity index (χ0) is 19.9. The van der Waals surface area contributed by atoms with Crippen molar-refractivity contribution in [1.29, 1.82) is 0 Å². The number of esters is 1. The summed E-state index contributed by atoms with van der Waals surface area (Å²) in [4.78, 5) is 26.9. The number of hydrogen-bond acceptors (Lipinski definition) is 5. The molecule has 0 radical (unpaired) electrons. The van der Waals surface area contributed by atoms with E-state index in [4.69, 9.17) is 0 Å². The van der Waals surface area contributed by atoms with Gasteiger partial charge in [-0.25, -0.2) is 9.78 Å². The van der Waals surface area contributed by atoms with Crippen LogP contribution in [0.15, 0.2) is 47.6 Å². The van der Waals surface area contributed by atoms with Gasteiger partial charge in [-0.15, -0.1) is 0 Å². The number of carbonyl (C=O) groups excluding carboxylic acids is 2. The molecular weight excluding hydrogens is 381 g/mol. The van der Waals surface area contributed by atoms with E-state index in [1.54, 1.807) is 24.3 Å². The summed E-state index contributed by atoms with van der Waals surface area (Å²) in [5, 5.41) is 3.07. The van der Waals surface area contributed by atoms with Gasteiger partial charge in [0.25, 0.3) is 0 Å². The molecule has 1 aromatic carbocycles. The predicted molar refractivity (Wildman–Crippen MR) is 94.5 cm³/mol. The van der Waals surface area contributed by atoms with E-state index in [2.05, 4.69) is 15.0 Å². The fraction of sp³-hybridized carbons (Fsp3) is 0.278. The maximum atomic E-state index is 12.5. The molecule has 27 heavy (non-hydrogen) atoms. The Hall–Kier alpha value is -2.55. The van der Waals surface area contributed by atoms with Gasteiger partial charge in [-0.1, -0.05) is 23.9 Å². The number of rotatable bonds is 7. The van der Waals surface area contributed by atoms with E-state index < -0.39 is 17.7 Å². The Bertz CT molecular complexity index is 778. The summed E-state index contributed by atoms with van der Waals surface area (Å²) in [6.07, 6.45) is -3.10. The Balaban J connectivity index is 1.72. The van der Waals surface area contributed by atoms with Gasteiger partial charge < -0.3 is 10.1 Å². The molecule has 1 amide bonds. The molecule has 9 heteroatoms. The molecule has 0 fully saturated rings. The van der Waals surface area contributed by atoms with Crippen molar-refractivity contribution in [3.8, 4) is 0 Å². The van der Waals surface area contributed by atoms with Crippen LogP contribution in [0.3, 0.4) is 0 Å². The number of nitrogens with one attached hydrogen (secondary N) is 1. The van der Waals surface area contributed by atoms with Crippen LogP contribution in [0, 0.1) is 0 Å². The Morgan fingerprint density at radius 3 is 2.41 bits per heavy atom. The molecule has 0 unspecified atom stereocenters. The molecule has 0 aliphatic heterocycles. The predicted octanol–water partition coefficient (Wildman–Crippen LogP) is 3.34. The fourth-order valence-corrected chi connectivity index (χ4v) is 2.77. The van der Waals surface area contributed by atoms with Crippen LogP contribution in [-0.2, 0) is 22.1 Å². The second-order valence-electron chi connectivity index (χ2n) is 5.46. The molecule has 5 nitrogen and oxygen atoms in total. The number of thioether (sulfide) groups is 1. The van der Waals surface area contributed by atoms with Crippen molar-refractivity contribution in [2.24, 2.45) is 0 Å². The number of hydrogen-bond donors (Lipinski definition) is 1. The van der Waals surface area contributed by atoms with Crippen LogP contribution in [0.5, 0.6) is 0 Å². The van der Waals surface area contributed by atoms with Gasteiger partial charge in [-0.2, -0.15) is 13.2 Å². The van der Waals surface area contributed by atoms with Crippen molar-refractivity contribution >= 4 is 23.6 Å². The summed E-state index contributed by atoms with van der Waals surface area (Å²) >= 11 is 1.06. The van der Waals surface area contributed by atoms with Crippen molar-refractivity contribution in [1.82, 2.24) is 10.3 Å². The third-order valence-corrected chi connectivity index (χ3v) is 4.47. The zero-order valence-electron chi connectivity index (χ0n) is 14.4. The lowest BCUT2D eigenvalue weighted by Crippen LogP contribution is -2.27. The number of carbonyl (C=O) groups is 2. The third-order valence-electron chi connectivity index (χ3n) is 3.53. The number of methoxy groups -OCH3 is 1. The normalized spacial score (nSPS) is 11.1. The first kappa shape index (κ1) is 20.8. The molecular formula is C18H17F3N2O3S. The van der Waals surface area contributed by atoms with Crippen molar-refractivity contribution in [2.75, 3.05) is 19.4 Å². The lowest BCUT2D eigenvalue weighted by atomic mass is 10.1. The van der Waals surface area contributed by atoms with Crippen LogP contribution >= 0.6 is 11.8 Å². The molecule has 2 rings (SSSR count). The first-order chi connectivity index (χ1) is 12.8. The molecule has 0 aliphatic rings. The minimum Gasteiger partial charge on any atom is -0.465 e. The van der Waals surface area contributed by atoms with Crippen LogP contribution in [0.1, 0.15) is 21.5 Å². The summed E-state index contributed by atoms with van der Waals surface area (Å²) < 4.78 is 42.0. The monoisotopic (exact) mass is 398 g/mol. The lowest BCUT2D eigenvalue weighted by molar-refractivity contribution is -0.137. The summed E-state index contributed by atoms with van der Waals surface area (Å²) in [7, 11) is 1.31. The first-order valence-corrected chi connectivity index (χ1v) is 8.88. The van der Waals surface area contributed by atoms with E-state index in [0.29, 0.717) is 23.6 Å². The highest BCUT2D eigenvalue weighted by Crippen LogP contribution is 2.29. The van der Waals surface area contributed by atoms with Gasteiger partial charge in [0.05, 0.1) is 29.0 Å². The Morgan fingerprint density at radius 1 is 1.15 bits per heavy atom. The quantitative estimate of drug-likeness (QED) is 0.572. The Labute approximate surface area is 158 Å². The largest absolute Gasteiger partial charge is 0.465 e. The SMILES string of the molecule is COC(=O)c1ccc(CCNC(=O)CSc2ccc(C(F)(F)F)cn2)cc1. The molecule has 144 valence electrons. The number of pyridine rings is 1.